The predicted molar refractivity (Wildman–Crippen MR) is 80.9 cm³/mol. The van der Waals surface area contributed by atoms with Crippen LogP contribution in [0.4, 0.5) is 0 Å². The maximum Gasteiger partial charge on any atom is 0.122 e. The van der Waals surface area contributed by atoms with E-state index in [0.717, 1.165) is 31.4 Å². The highest BCUT2D eigenvalue weighted by Gasteiger charge is 2.22. The number of para-hydroxylation sites is 1. The van der Waals surface area contributed by atoms with E-state index in [4.69, 9.17) is 4.74 Å². The van der Waals surface area contributed by atoms with Crippen molar-refractivity contribution in [3.05, 3.63) is 29.8 Å². The fourth-order valence-corrected chi connectivity index (χ4v) is 2.91. The lowest BCUT2D eigenvalue weighted by Crippen LogP contribution is -2.20. The van der Waals surface area contributed by atoms with E-state index in [0.29, 0.717) is 5.92 Å². The van der Waals surface area contributed by atoms with Gasteiger partial charge in [0, 0.05) is 0 Å². The number of ether oxygens (including phenoxy) is 1. The average molecular weight is 261 g/mol. The first kappa shape index (κ1) is 14.4. The van der Waals surface area contributed by atoms with Crippen LogP contribution < -0.4 is 10.1 Å². The molecule has 1 aliphatic heterocycles. The Labute approximate surface area is 117 Å². The number of rotatable bonds is 7. The summed E-state index contributed by atoms with van der Waals surface area (Å²) in [5.74, 6) is 2.57. The minimum Gasteiger partial charge on any atom is -0.493 e. The number of fused-ring (bicyclic) bond motifs is 1. The predicted octanol–water partition coefficient (Wildman–Crippen LogP) is 3.97. The van der Waals surface area contributed by atoms with Gasteiger partial charge in [-0.05, 0) is 62.2 Å². The van der Waals surface area contributed by atoms with E-state index in [9.17, 15) is 0 Å². The molecule has 0 fully saturated rings. The Morgan fingerprint density at radius 2 is 2.16 bits per heavy atom. The van der Waals surface area contributed by atoms with E-state index in [1.807, 2.05) is 0 Å². The molecule has 0 aromatic heterocycles. The summed E-state index contributed by atoms with van der Waals surface area (Å²) < 4.78 is 5.74. The van der Waals surface area contributed by atoms with Crippen LogP contribution in [0.5, 0.6) is 5.75 Å². The molecule has 0 radical (unpaired) electrons. The van der Waals surface area contributed by atoms with Crippen molar-refractivity contribution in [1.29, 1.82) is 0 Å². The molecule has 2 rings (SSSR count). The van der Waals surface area contributed by atoms with Crippen molar-refractivity contribution in [1.82, 2.24) is 5.32 Å². The Morgan fingerprint density at radius 3 is 3.00 bits per heavy atom. The van der Waals surface area contributed by atoms with Gasteiger partial charge in [0.15, 0.2) is 0 Å². The van der Waals surface area contributed by atoms with Crippen molar-refractivity contribution < 1.29 is 4.74 Å². The van der Waals surface area contributed by atoms with E-state index in [1.165, 1.54) is 31.2 Å². The minimum absolute atomic E-state index is 0.686. The second-order valence-electron chi connectivity index (χ2n) is 5.75. The van der Waals surface area contributed by atoms with Crippen molar-refractivity contribution in [2.24, 2.45) is 5.92 Å². The molecule has 106 valence electrons. The van der Waals surface area contributed by atoms with Gasteiger partial charge < -0.3 is 10.1 Å². The molecule has 0 spiro atoms. The smallest absolute Gasteiger partial charge is 0.122 e. The summed E-state index contributed by atoms with van der Waals surface area (Å²) in [6, 6.07) is 8.55. The van der Waals surface area contributed by atoms with Gasteiger partial charge in [0.05, 0.1) is 6.61 Å². The first-order valence-electron chi connectivity index (χ1n) is 7.73. The molecule has 2 heteroatoms. The van der Waals surface area contributed by atoms with Crippen LogP contribution in [0.25, 0.3) is 0 Å². The summed E-state index contributed by atoms with van der Waals surface area (Å²) in [4.78, 5) is 0. The topological polar surface area (TPSA) is 21.3 Å². The molecule has 19 heavy (non-hydrogen) atoms. The van der Waals surface area contributed by atoms with Crippen LogP contribution in [0.15, 0.2) is 24.3 Å². The molecule has 0 aliphatic carbocycles. The second kappa shape index (κ2) is 7.54. The first-order valence-corrected chi connectivity index (χ1v) is 7.73. The Bertz CT molecular complexity index is 377. The lowest BCUT2D eigenvalue weighted by atomic mass is 9.84. The normalized spacial score (nSPS) is 19.6. The molecule has 1 aromatic carbocycles. The standard InChI is InChI=1S/C17H27NO/c1-3-10-18-11-8-14(2)13-15-9-12-19-17-7-5-4-6-16(15)17/h4-7,14-15,18H,3,8-13H2,1-2H3. The lowest BCUT2D eigenvalue weighted by Gasteiger charge is -2.28. The van der Waals surface area contributed by atoms with Crippen LogP contribution in [0.1, 0.15) is 51.0 Å². The molecule has 1 heterocycles. The van der Waals surface area contributed by atoms with Crippen LogP contribution in [-0.2, 0) is 0 Å². The van der Waals surface area contributed by atoms with Crippen molar-refractivity contribution >= 4 is 0 Å². The quantitative estimate of drug-likeness (QED) is 0.750. The van der Waals surface area contributed by atoms with Gasteiger partial charge >= 0.3 is 0 Å². The summed E-state index contributed by atoms with van der Waals surface area (Å²) in [7, 11) is 0. The summed E-state index contributed by atoms with van der Waals surface area (Å²) in [6.45, 7) is 7.77. The zero-order valence-electron chi connectivity index (χ0n) is 12.3. The fraction of sp³-hybridized carbons (Fsp3) is 0.647. The van der Waals surface area contributed by atoms with Crippen molar-refractivity contribution in [2.75, 3.05) is 19.7 Å². The molecule has 1 aromatic rings. The molecule has 2 nitrogen and oxygen atoms in total. The highest BCUT2D eigenvalue weighted by Crippen LogP contribution is 2.37. The van der Waals surface area contributed by atoms with Gasteiger partial charge in [-0.3, -0.25) is 0 Å². The van der Waals surface area contributed by atoms with Crippen molar-refractivity contribution in [2.45, 2.75) is 45.4 Å². The molecule has 0 saturated heterocycles. The number of benzene rings is 1. The Balaban J connectivity index is 1.83. The minimum atomic E-state index is 0.686. The maximum absolute atomic E-state index is 5.74. The largest absolute Gasteiger partial charge is 0.493 e. The van der Waals surface area contributed by atoms with Gasteiger partial charge in [-0.1, -0.05) is 32.0 Å². The molecule has 2 atom stereocenters. The summed E-state index contributed by atoms with van der Waals surface area (Å²) in [6.07, 6.45) is 4.96. The Morgan fingerprint density at radius 1 is 1.32 bits per heavy atom. The average Bonchev–Trinajstić information content (AvgIpc) is 2.44. The third-order valence-electron chi connectivity index (χ3n) is 4.01. The Kier molecular flexibility index (Phi) is 5.71. The van der Waals surface area contributed by atoms with Crippen LogP contribution in [0.3, 0.4) is 0 Å². The summed E-state index contributed by atoms with van der Waals surface area (Å²) in [5.41, 5.74) is 1.42. The second-order valence-corrected chi connectivity index (χ2v) is 5.75. The van der Waals surface area contributed by atoms with E-state index in [-0.39, 0.29) is 0 Å². The third kappa shape index (κ3) is 4.24. The van der Waals surface area contributed by atoms with Crippen molar-refractivity contribution in [3.8, 4) is 5.75 Å². The molecule has 0 saturated carbocycles. The molecule has 0 amide bonds. The molecular formula is C17H27NO. The van der Waals surface area contributed by atoms with Gasteiger partial charge in [0.2, 0.25) is 0 Å². The van der Waals surface area contributed by atoms with Crippen LogP contribution in [0.2, 0.25) is 0 Å². The lowest BCUT2D eigenvalue weighted by molar-refractivity contribution is 0.252. The first-order chi connectivity index (χ1) is 9.31. The number of hydrogen-bond acceptors (Lipinski definition) is 2. The SMILES string of the molecule is CCCNCCC(C)CC1CCOc2ccccc21. The zero-order valence-corrected chi connectivity index (χ0v) is 12.3. The summed E-state index contributed by atoms with van der Waals surface area (Å²) >= 11 is 0. The molecular weight excluding hydrogens is 234 g/mol. The van der Waals surface area contributed by atoms with Gasteiger partial charge in [-0.2, -0.15) is 0 Å². The van der Waals surface area contributed by atoms with Gasteiger partial charge in [0.25, 0.3) is 0 Å². The van der Waals surface area contributed by atoms with Gasteiger partial charge in [-0.25, -0.2) is 0 Å². The maximum atomic E-state index is 5.74. The van der Waals surface area contributed by atoms with E-state index < -0.39 is 0 Å². The van der Waals surface area contributed by atoms with E-state index >= 15 is 0 Å². The van der Waals surface area contributed by atoms with Gasteiger partial charge in [-0.15, -0.1) is 0 Å². The fourth-order valence-electron chi connectivity index (χ4n) is 2.91. The Hall–Kier alpha value is -1.02. The van der Waals surface area contributed by atoms with Crippen LogP contribution in [-0.4, -0.2) is 19.7 Å². The highest BCUT2D eigenvalue weighted by molar-refractivity contribution is 5.37. The third-order valence-corrected chi connectivity index (χ3v) is 4.01. The van der Waals surface area contributed by atoms with E-state index in [2.05, 4.69) is 43.4 Å². The van der Waals surface area contributed by atoms with Crippen LogP contribution in [0, 0.1) is 5.92 Å². The van der Waals surface area contributed by atoms with Crippen molar-refractivity contribution in [3.63, 3.8) is 0 Å². The molecule has 2 unspecified atom stereocenters. The molecule has 0 bridgehead atoms. The molecule has 1 N–H and O–H groups in total. The van der Waals surface area contributed by atoms with E-state index in [1.54, 1.807) is 0 Å². The monoisotopic (exact) mass is 261 g/mol. The number of nitrogens with one attached hydrogen (secondary N) is 1. The number of hydrogen-bond donors (Lipinski definition) is 1. The highest BCUT2D eigenvalue weighted by atomic mass is 16.5. The summed E-state index contributed by atoms with van der Waals surface area (Å²) in [5, 5.41) is 3.50. The van der Waals surface area contributed by atoms with Gasteiger partial charge in [0.1, 0.15) is 5.75 Å². The zero-order chi connectivity index (χ0) is 13.5. The molecule has 1 aliphatic rings. The van der Waals surface area contributed by atoms with Crippen LogP contribution >= 0.6 is 0 Å².